The fourth-order valence-corrected chi connectivity index (χ4v) is 4.20. The minimum atomic E-state index is 1.22. The van der Waals surface area contributed by atoms with E-state index in [0.29, 0.717) is 0 Å². The Balaban J connectivity index is 2.39. The van der Waals surface area contributed by atoms with Crippen molar-refractivity contribution in [2.24, 2.45) is 0 Å². The van der Waals surface area contributed by atoms with Crippen LogP contribution >= 0.6 is 0 Å². The lowest BCUT2D eigenvalue weighted by molar-refractivity contribution is -0.704. The number of rotatable bonds is 20. The van der Waals surface area contributed by atoms with Gasteiger partial charge in [0, 0.05) is 6.42 Å². The molecule has 0 fully saturated rings. The fourth-order valence-electron chi connectivity index (χ4n) is 4.20. The highest BCUT2D eigenvalue weighted by Gasteiger charge is 2.16. The third-order valence-electron chi connectivity index (χ3n) is 6.10. The molecular weight excluding hydrogens is 340 g/mol. The second kappa shape index (κ2) is 18.3. The van der Waals surface area contributed by atoms with Gasteiger partial charge < -0.3 is 0 Å². The molecule has 0 aliphatic rings. The molecule has 0 unspecified atom stereocenters. The van der Waals surface area contributed by atoms with Gasteiger partial charge in [-0.15, -0.1) is 0 Å². The summed E-state index contributed by atoms with van der Waals surface area (Å²) in [6, 6.07) is 0. The Morgan fingerprint density at radius 3 is 1.71 bits per heavy atom. The molecular formula is C26H51N2+. The number of imidazole rings is 1. The molecule has 0 amide bonds. The first kappa shape index (κ1) is 25.2. The lowest BCUT2D eigenvalue weighted by atomic mass is 10.1. The number of unbranched alkanes of at least 4 members (excludes halogenated alkanes) is 14. The molecule has 0 saturated heterocycles. The molecule has 0 atom stereocenters. The predicted molar refractivity (Wildman–Crippen MR) is 124 cm³/mol. The van der Waals surface area contributed by atoms with Crippen molar-refractivity contribution < 1.29 is 4.57 Å². The van der Waals surface area contributed by atoms with Gasteiger partial charge in [0.15, 0.2) is 0 Å². The van der Waals surface area contributed by atoms with Gasteiger partial charge in [0.1, 0.15) is 12.4 Å². The summed E-state index contributed by atoms with van der Waals surface area (Å²) in [5.74, 6) is 1.59. The highest BCUT2D eigenvalue weighted by atomic mass is 15.1. The zero-order valence-corrected chi connectivity index (χ0v) is 19.7. The second-order valence-electron chi connectivity index (χ2n) is 8.80. The van der Waals surface area contributed by atoms with Crippen LogP contribution in [0.15, 0.2) is 12.4 Å². The Morgan fingerprint density at radius 2 is 1.11 bits per heavy atom. The van der Waals surface area contributed by atoms with E-state index in [1.807, 2.05) is 0 Å². The molecule has 1 aromatic heterocycles. The van der Waals surface area contributed by atoms with Crippen LogP contribution in [0.2, 0.25) is 0 Å². The molecule has 1 rings (SSSR count). The fraction of sp³-hybridized carbons (Fsp3) is 0.885. The van der Waals surface area contributed by atoms with Gasteiger partial charge in [0.05, 0.1) is 13.1 Å². The molecule has 0 aromatic carbocycles. The van der Waals surface area contributed by atoms with Crippen molar-refractivity contribution >= 4 is 0 Å². The topological polar surface area (TPSA) is 8.81 Å². The third kappa shape index (κ3) is 11.9. The zero-order chi connectivity index (χ0) is 20.3. The summed E-state index contributed by atoms with van der Waals surface area (Å²) in [7, 11) is 0. The monoisotopic (exact) mass is 391 g/mol. The summed E-state index contributed by atoms with van der Waals surface area (Å²) >= 11 is 0. The molecule has 0 N–H and O–H groups in total. The molecule has 0 aliphatic carbocycles. The Labute approximate surface area is 177 Å². The van der Waals surface area contributed by atoms with E-state index in [0.717, 1.165) is 0 Å². The molecule has 0 saturated carbocycles. The number of aryl methyl sites for hydroxylation is 2. The van der Waals surface area contributed by atoms with Crippen molar-refractivity contribution in [3.63, 3.8) is 0 Å². The van der Waals surface area contributed by atoms with Crippen LogP contribution in [0.4, 0.5) is 0 Å². The minimum absolute atomic E-state index is 1.22. The highest BCUT2D eigenvalue weighted by Crippen LogP contribution is 2.12. The quantitative estimate of drug-likeness (QED) is 0.157. The first-order valence-corrected chi connectivity index (χ1v) is 12.9. The van der Waals surface area contributed by atoms with Crippen molar-refractivity contribution in [1.82, 2.24) is 4.57 Å². The lowest BCUT2D eigenvalue weighted by Gasteiger charge is -2.06. The Hall–Kier alpha value is -0.790. The van der Waals surface area contributed by atoms with E-state index in [1.54, 1.807) is 5.82 Å². The van der Waals surface area contributed by atoms with Gasteiger partial charge in [0.25, 0.3) is 5.82 Å². The molecule has 2 nitrogen and oxygen atoms in total. The van der Waals surface area contributed by atoms with Crippen molar-refractivity contribution in [2.45, 2.75) is 149 Å². The molecule has 1 aromatic rings. The standard InChI is InChI=1S/C26H51N2/c1-4-7-10-13-14-15-17-20-23-28-25-24-27(22-19-16-11-8-5-2)26(28)21-18-12-9-6-3/h24-25H,4-23H2,1-3H3/q+1. The molecule has 2 heteroatoms. The maximum absolute atomic E-state index is 2.58. The van der Waals surface area contributed by atoms with Crippen LogP contribution < -0.4 is 4.57 Å². The van der Waals surface area contributed by atoms with Crippen LogP contribution in [0.5, 0.6) is 0 Å². The average molecular weight is 392 g/mol. The summed E-state index contributed by atoms with van der Waals surface area (Å²) in [5, 5.41) is 0. The van der Waals surface area contributed by atoms with E-state index in [-0.39, 0.29) is 0 Å². The predicted octanol–water partition coefficient (Wildman–Crippen LogP) is 8.01. The van der Waals surface area contributed by atoms with Crippen LogP contribution in [0, 0.1) is 0 Å². The van der Waals surface area contributed by atoms with E-state index in [2.05, 4.69) is 42.3 Å². The summed E-state index contributed by atoms with van der Waals surface area (Å²) < 4.78 is 5.15. The molecule has 0 bridgehead atoms. The summed E-state index contributed by atoms with van der Waals surface area (Å²) in [6.45, 7) is 9.35. The van der Waals surface area contributed by atoms with Crippen molar-refractivity contribution in [1.29, 1.82) is 0 Å². The van der Waals surface area contributed by atoms with Gasteiger partial charge in [-0.05, 0) is 32.1 Å². The maximum atomic E-state index is 2.58. The van der Waals surface area contributed by atoms with Gasteiger partial charge in [-0.25, -0.2) is 9.13 Å². The first-order valence-electron chi connectivity index (χ1n) is 12.9. The van der Waals surface area contributed by atoms with E-state index < -0.39 is 0 Å². The average Bonchev–Trinajstić information content (AvgIpc) is 3.09. The lowest BCUT2D eigenvalue weighted by Crippen LogP contribution is -2.37. The molecule has 0 aliphatic heterocycles. The van der Waals surface area contributed by atoms with E-state index in [1.165, 1.54) is 129 Å². The summed E-state index contributed by atoms with van der Waals surface area (Å²) in [4.78, 5) is 0. The second-order valence-corrected chi connectivity index (χ2v) is 8.80. The number of aromatic nitrogens is 2. The van der Waals surface area contributed by atoms with Crippen molar-refractivity contribution in [2.75, 3.05) is 0 Å². The Morgan fingerprint density at radius 1 is 0.607 bits per heavy atom. The van der Waals surface area contributed by atoms with Gasteiger partial charge >= 0.3 is 0 Å². The van der Waals surface area contributed by atoms with Gasteiger partial charge in [0.2, 0.25) is 0 Å². The van der Waals surface area contributed by atoms with Crippen LogP contribution in [-0.2, 0) is 19.5 Å². The number of hydrogen-bond donors (Lipinski definition) is 0. The largest absolute Gasteiger partial charge is 0.256 e. The Kier molecular flexibility index (Phi) is 16.5. The van der Waals surface area contributed by atoms with Gasteiger partial charge in [-0.2, -0.15) is 0 Å². The minimum Gasteiger partial charge on any atom is -0.234 e. The summed E-state index contributed by atoms with van der Waals surface area (Å²) in [5.41, 5.74) is 0. The van der Waals surface area contributed by atoms with E-state index in [9.17, 15) is 0 Å². The molecule has 0 radical (unpaired) electrons. The SMILES string of the molecule is CCCCCCCCCCn1cc[n+](CCCCCCC)c1CCCCCC. The Bertz CT molecular complexity index is 449. The maximum Gasteiger partial charge on any atom is 0.256 e. The first-order chi connectivity index (χ1) is 13.8. The molecule has 1 heterocycles. The van der Waals surface area contributed by atoms with Crippen LogP contribution in [-0.4, -0.2) is 4.57 Å². The van der Waals surface area contributed by atoms with Crippen LogP contribution in [0.25, 0.3) is 0 Å². The van der Waals surface area contributed by atoms with Gasteiger partial charge in [-0.3, -0.25) is 0 Å². The normalized spacial score (nSPS) is 11.4. The van der Waals surface area contributed by atoms with Crippen LogP contribution in [0.3, 0.4) is 0 Å². The zero-order valence-electron chi connectivity index (χ0n) is 19.7. The van der Waals surface area contributed by atoms with Crippen molar-refractivity contribution in [3.05, 3.63) is 18.2 Å². The van der Waals surface area contributed by atoms with Gasteiger partial charge in [-0.1, -0.05) is 97.8 Å². The van der Waals surface area contributed by atoms with E-state index in [4.69, 9.17) is 0 Å². The summed E-state index contributed by atoms with van der Waals surface area (Å²) in [6.07, 6.45) is 29.6. The number of hydrogen-bond acceptors (Lipinski definition) is 0. The van der Waals surface area contributed by atoms with Crippen LogP contribution in [0.1, 0.15) is 136 Å². The third-order valence-corrected chi connectivity index (χ3v) is 6.10. The number of nitrogens with zero attached hydrogens (tertiary/aromatic N) is 2. The molecule has 164 valence electrons. The van der Waals surface area contributed by atoms with Crippen molar-refractivity contribution in [3.8, 4) is 0 Å². The van der Waals surface area contributed by atoms with E-state index >= 15 is 0 Å². The highest BCUT2D eigenvalue weighted by molar-refractivity contribution is 4.84. The molecule has 28 heavy (non-hydrogen) atoms. The molecule has 0 spiro atoms. The smallest absolute Gasteiger partial charge is 0.234 e.